The molecule has 5 nitrogen and oxygen atoms in total. The minimum absolute atomic E-state index is 0.0312. The van der Waals surface area contributed by atoms with Crippen LogP contribution >= 0.6 is 0 Å². The Kier molecular flexibility index (Phi) is 6.07. The molecule has 138 valence electrons. The predicted molar refractivity (Wildman–Crippen MR) is 100 cm³/mol. The van der Waals surface area contributed by atoms with Crippen molar-refractivity contribution in [2.75, 3.05) is 50.1 Å². The summed E-state index contributed by atoms with van der Waals surface area (Å²) in [5, 5.41) is 2.81. The van der Waals surface area contributed by atoms with Gasteiger partial charge in [0.1, 0.15) is 11.6 Å². The lowest BCUT2D eigenvalue weighted by Crippen LogP contribution is -3.15. The van der Waals surface area contributed by atoms with E-state index in [1.54, 1.807) is 19.2 Å². The van der Waals surface area contributed by atoms with Crippen LogP contribution in [0.3, 0.4) is 0 Å². The maximum absolute atomic E-state index is 12.9. The highest BCUT2D eigenvalue weighted by Crippen LogP contribution is 2.27. The number of anilines is 2. The summed E-state index contributed by atoms with van der Waals surface area (Å²) in [6.07, 6.45) is 0.460. The molecule has 0 unspecified atom stereocenters. The summed E-state index contributed by atoms with van der Waals surface area (Å²) in [5.74, 6) is 0.561. The summed E-state index contributed by atoms with van der Waals surface area (Å²) < 4.78 is 18.3. The Labute approximate surface area is 153 Å². The Hall–Kier alpha value is -2.60. The molecule has 2 aromatic carbocycles. The molecule has 0 radical (unpaired) electrons. The van der Waals surface area contributed by atoms with Crippen molar-refractivity contribution >= 4 is 17.3 Å². The zero-order chi connectivity index (χ0) is 18.4. The maximum Gasteiger partial charge on any atom is 0.230 e. The molecule has 0 saturated carbocycles. The summed E-state index contributed by atoms with van der Waals surface area (Å²) in [6.45, 7) is 4.65. The van der Waals surface area contributed by atoms with Gasteiger partial charge in [-0.1, -0.05) is 12.1 Å². The lowest BCUT2D eigenvalue weighted by molar-refractivity contribution is -0.900. The number of para-hydroxylation sites is 2. The molecular weight excluding hydrogens is 333 g/mol. The monoisotopic (exact) mass is 358 g/mol. The minimum atomic E-state index is -0.305. The Morgan fingerprint density at radius 3 is 2.54 bits per heavy atom. The molecule has 26 heavy (non-hydrogen) atoms. The Balaban J connectivity index is 1.44. The molecular formula is C20H25FN3O2+. The standard InChI is InChI=1S/C20H24FN3O2/c1-26-19-5-3-2-4-18(19)24-14-12-23(13-15-24)11-10-20(25)22-17-8-6-16(21)7-9-17/h2-9H,10-15H2,1H3,(H,22,25)/p+1. The third-order valence-corrected chi connectivity index (χ3v) is 4.73. The van der Waals surface area contributed by atoms with Crippen molar-refractivity contribution in [3.63, 3.8) is 0 Å². The normalized spacial score (nSPS) is 14.9. The first-order valence-corrected chi connectivity index (χ1v) is 8.92. The van der Waals surface area contributed by atoms with Crippen LogP contribution in [0.5, 0.6) is 5.75 Å². The Morgan fingerprint density at radius 1 is 1.15 bits per heavy atom. The van der Waals surface area contributed by atoms with Gasteiger partial charge in [0, 0.05) is 5.69 Å². The van der Waals surface area contributed by atoms with Crippen molar-refractivity contribution in [2.24, 2.45) is 0 Å². The molecule has 0 aromatic heterocycles. The van der Waals surface area contributed by atoms with Gasteiger partial charge in [-0.25, -0.2) is 4.39 Å². The van der Waals surface area contributed by atoms with Crippen LogP contribution in [0.2, 0.25) is 0 Å². The predicted octanol–water partition coefficient (Wildman–Crippen LogP) is 1.57. The van der Waals surface area contributed by atoms with Crippen LogP contribution in [0.1, 0.15) is 6.42 Å². The molecule has 2 N–H and O–H groups in total. The van der Waals surface area contributed by atoms with Crippen LogP contribution in [0.25, 0.3) is 0 Å². The molecule has 1 saturated heterocycles. The van der Waals surface area contributed by atoms with Gasteiger partial charge in [0.05, 0.1) is 51.9 Å². The molecule has 6 heteroatoms. The fraction of sp³-hybridized carbons (Fsp3) is 0.350. The van der Waals surface area contributed by atoms with Gasteiger partial charge in [-0.05, 0) is 36.4 Å². The molecule has 1 aliphatic heterocycles. The number of ether oxygens (including phenoxy) is 1. The molecule has 0 bridgehead atoms. The quantitative estimate of drug-likeness (QED) is 0.824. The number of amides is 1. The van der Waals surface area contributed by atoms with Gasteiger partial charge in [0.15, 0.2) is 0 Å². The van der Waals surface area contributed by atoms with E-state index in [2.05, 4.69) is 16.3 Å². The topological polar surface area (TPSA) is 46.0 Å². The molecule has 0 aliphatic carbocycles. The summed E-state index contributed by atoms with van der Waals surface area (Å²) in [7, 11) is 1.69. The minimum Gasteiger partial charge on any atom is -0.495 e. The van der Waals surface area contributed by atoms with Crippen LogP contribution in [-0.4, -0.2) is 45.7 Å². The van der Waals surface area contributed by atoms with Gasteiger partial charge >= 0.3 is 0 Å². The van der Waals surface area contributed by atoms with E-state index in [9.17, 15) is 9.18 Å². The van der Waals surface area contributed by atoms with E-state index >= 15 is 0 Å². The summed E-state index contributed by atoms with van der Waals surface area (Å²) >= 11 is 0. The van der Waals surface area contributed by atoms with Crippen molar-refractivity contribution in [1.82, 2.24) is 0 Å². The van der Waals surface area contributed by atoms with Gasteiger partial charge < -0.3 is 19.9 Å². The van der Waals surface area contributed by atoms with Crippen molar-refractivity contribution in [3.05, 3.63) is 54.3 Å². The first kappa shape index (κ1) is 18.2. The molecule has 3 rings (SSSR count). The van der Waals surface area contributed by atoms with E-state index in [1.807, 2.05) is 18.2 Å². The second kappa shape index (κ2) is 8.67. The van der Waals surface area contributed by atoms with Crippen molar-refractivity contribution in [2.45, 2.75) is 6.42 Å². The van der Waals surface area contributed by atoms with E-state index in [0.717, 1.165) is 44.2 Å². The Bertz CT molecular complexity index is 728. The van der Waals surface area contributed by atoms with Crippen molar-refractivity contribution < 1.29 is 18.8 Å². The molecule has 0 atom stereocenters. The number of benzene rings is 2. The van der Waals surface area contributed by atoms with E-state index in [1.165, 1.54) is 17.0 Å². The zero-order valence-corrected chi connectivity index (χ0v) is 15.0. The molecule has 1 amide bonds. The number of halogens is 1. The summed E-state index contributed by atoms with van der Waals surface area (Å²) in [6, 6.07) is 13.9. The molecule has 1 aliphatic rings. The van der Waals surface area contributed by atoms with E-state index in [4.69, 9.17) is 4.74 Å². The van der Waals surface area contributed by atoms with Crippen molar-refractivity contribution in [3.8, 4) is 5.75 Å². The van der Waals surface area contributed by atoms with Crippen LogP contribution in [0.4, 0.5) is 15.8 Å². The number of hydrogen-bond acceptors (Lipinski definition) is 3. The van der Waals surface area contributed by atoms with Gasteiger partial charge in [0.25, 0.3) is 0 Å². The second-order valence-corrected chi connectivity index (χ2v) is 6.46. The van der Waals surface area contributed by atoms with Crippen LogP contribution in [0, 0.1) is 5.82 Å². The third kappa shape index (κ3) is 4.73. The summed E-state index contributed by atoms with van der Waals surface area (Å²) in [5.41, 5.74) is 1.76. The van der Waals surface area contributed by atoms with E-state index in [0.29, 0.717) is 12.1 Å². The molecule has 1 fully saturated rings. The van der Waals surface area contributed by atoms with Crippen LogP contribution < -0.4 is 19.9 Å². The van der Waals surface area contributed by atoms with Gasteiger partial charge in [-0.15, -0.1) is 0 Å². The first-order chi connectivity index (χ1) is 12.7. The van der Waals surface area contributed by atoms with Crippen molar-refractivity contribution in [1.29, 1.82) is 0 Å². The molecule has 2 aromatic rings. The van der Waals surface area contributed by atoms with Gasteiger partial charge in [-0.3, -0.25) is 4.79 Å². The average Bonchev–Trinajstić information content (AvgIpc) is 2.68. The Morgan fingerprint density at radius 2 is 1.85 bits per heavy atom. The third-order valence-electron chi connectivity index (χ3n) is 4.73. The number of quaternary nitrogens is 1. The smallest absolute Gasteiger partial charge is 0.230 e. The number of methoxy groups -OCH3 is 1. The lowest BCUT2D eigenvalue weighted by atomic mass is 10.2. The molecule has 1 heterocycles. The number of carbonyl (C=O) groups excluding carboxylic acids is 1. The van der Waals surface area contributed by atoms with E-state index < -0.39 is 0 Å². The van der Waals surface area contributed by atoms with Gasteiger partial charge in [-0.2, -0.15) is 0 Å². The van der Waals surface area contributed by atoms with E-state index in [-0.39, 0.29) is 11.7 Å². The number of rotatable bonds is 6. The highest BCUT2D eigenvalue weighted by molar-refractivity contribution is 5.90. The SMILES string of the molecule is COc1ccccc1N1CC[NH+](CCC(=O)Nc2ccc(F)cc2)CC1. The highest BCUT2D eigenvalue weighted by Gasteiger charge is 2.22. The number of hydrogen-bond donors (Lipinski definition) is 2. The van der Waals surface area contributed by atoms with Gasteiger partial charge in [0.2, 0.25) is 5.91 Å². The summed E-state index contributed by atoms with van der Waals surface area (Å²) in [4.78, 5) is 15.8. The first-order valence-electron chi connectivity index (χ1n) is 8.92. The number of nitrogens with one attached hydrogen (secondary N) is 2. The zero-order valence-electron chi connectivity index (χ0n) is 15.0. The van der Waals surface area contributed by atoms with Crippen LogP contribution in [0.15, 0.2) is 48.5 Å². The number of carbonyl (C=O) groups is 1. The fourth-order valence-electron chi connectivity index (χ4n) is 3.25. The molecule has 0 spiro atoms. The maximum atomic E-state index is 12.9. The highest BCUT2D eigenvalue weighted by atomic mass is 19.1. The largest absolute Gasteiger partial charge is 0.495 e. The second-order valence-electron chi connectivity index (χ2n) is 6.46. The fourth-order valence-corrected chi connectivity index (χ4v) is 3.25. The average molecular weight is 358 g/mol. The van der Waals surface area contributed by atoms with Crippen LogP contribution in [-0.2, 0) is 4.79 Å². The number of piperazine rings is 1. The lowest BCUT2D eigenvalue weighted by Gasteiger charge is -2.34. The number of nitrogens with zero attached hydrogens (tertiary/aromatic N) is 1.